The first kappa shape index (κ1) is 40.5. The number of nitrogens with zero attached hydrogens (tertiary/aromatic N) is 3. The van der Waals surface area contributed by atoms with Crippen molar-refractivity contribution in [2.24, 2.45) is 22.7 Å². The SMILES string of the molecule is C#CCC(NC(=O)[C@@H]1[C@H]2C[C@H]2CN1C(=O)[C@@H](NC(=O)N[C@H](CN(C)S(=O)(=O)c1ccccn1)C(C)(C)C)C1(C)CCCCC1)C(=O)C(=O)NCC=C. The average Bonchev–Trinajstić information content (AvgIpc) is 3.76. The van der Waals surface area contributed by atoms with Crippen LogP contribution < -0.4 is 21.3 Å². The van der Waals surface area contributed by atoms with E-state index in [2.05, 4.69) is 38.8 Å². The Morgan fingerprint density at radius 2 is 1.83 bits per heavy atom. The molecule has 4 N–H and O–H groups in total. The predicted molar refractivity (Wildman–Crippen MR) is 195 cm³/mol. The van der Waals surface area contributed by atoms with Crippen LogP contribution in [0.1, 0.15) is 72.6 Å². The molecule has 3 aliphatic rings. The summed E-state index contributed by atoms with van der Waals surface area (Å²) in [7, 11) is -2.53. The number of terminal acetylenes is 1. The minimum absolute atomic E-state index is 0.0629. The van der Waals surface area contributed by atoms with Crippen molar-refractivity contribution in [3.8, 4) is 12.3 Å². The summed E-state index contributed by atoms with van der Waals surface area (Å²) >= 11 is 0. The molecule has 1 aromatic heterocycles. The maximum Gasteiger partial charge on any atom is 0.315 e. The molecule has 1 aliphatic heterocycles. The second kappa shape index (κ2) is 16.6. The van der Waals surface area contributed by atoms with E-state index in [9.17, 15) is 32.4 Å². The van der Waals surface area contributed by atoms with Gasteiger partial charge in [0.2, 0.25) is 17.6 Å². The number of amides is 5. The molecule has 2 aliphatic carbocycles. The Balaban J connectivity index is 1.55. The van der Waals surface area contributed by atoms with Crippen molar-refractivity contribution in [3.63, 3.8) is 0 Å². The maximum absolute atomic E-state index is 14.6. The molecule has 3 fully saturated rings. The summed E-state index contributed by atoms with van der Waals surface area (Å²) in [6.07, 6.45) is 12.9. The van der Waals surface area contributed by atoms with Crippen molar-refractivity contribution >= 4 is 39.6 Å². The Morgan fingerprint density at radius 1 is 1.13 bits per heavy atom. The number of fused-ring (bicyclic) bond motifs is 1. The molecule has 0 aromatic carbocycles. The van der Waals surface area contributed by atoms with Crippen molar-refractivity contribution in [1.29, 1.82) is 0 Å². The number of carbonyl (C=O) groups is 5. The molecular formula is C37H53N7O7S. The van der Waals surface area contributed by atoms with Crippen LogP contribution in [0.5, 0.6) is 0 Å². The summed E-state index contributed by atoms with van der Waals surface area (Å²) in [6, 6.07) is 0.128. The van der Waals surface area contributed by atoms with Gasteiger partial charge in [0.1, 0.15) is 18.1 Å². The number of piperidine rings is 1. The van der Waals surface area contributed by atoms with Crippen molar-refractivity contribution in [1.82, 2.24) is 35.5 Å². The van der Waals surface area contributed by atoms with Gasteiger partial charge in [-0.05, 0) is 54.1 Å². The standard InChI is InChI=1S/C37H53N7O7S/c1-8-15-26(30(45)33(47)39-19-9-2)40-32(46)29-25-21-24(25)22-44(29)34(48)31(37(6)17-12-10-13-18-37)42-35(49)41-27(36(3,4)5)23-43(7)52(50,51)28-16-11-14-20-38-28/h1,9,11,14,16,20,24-27,29,31H,2,10,12-13,15,17-19,21-23H2,3-7H3,(H,39,47)(H,40,46)(H2,41,42,49)/t24-,25-,26?,27+,29-,31+/m0/s1. The molecule has 0 spiro atoms. The number of ketones is 1. The monoisotopic (exact) mass is 739 g/mol. The lowest BCUT2D eigenvalue weighted by Gasteiger charge is -2.43. The number of likely N-dealkylation sites (N-methyl/N-ethyl adjacent to an activating group) is 1. The van der Waals surface area contributed by atoms with Crippen LogP contribution in [-0.4, -0.2) is 103 Å². The fourth-order valence-corrected chi connectivity index (χ4v) is 8.36. The summed E-state index contributed by atoms with van der Waals surface area (Å²) in [5, 5.41) is 10.8. The number of hydrogen-bond donors (Lipinski definition) is 4. The van der Waals surface area contributed by atoms with Crippen molar-refractivity contribution in [3.05, 3.63) is 37.1 Å². The molecule has 1 saturated heterocycles. The van der Waals surface area contributed by atoms with Crippen molar-refractivity contribution in [2.45, 2.75) is 102 Å². The number of likely N-dealkylation sites (tertiary alicyclic amines) is 1. The van der Waals surface area contributed by atoms with E-state index in [0.717, 1.165) is 30.0 Å². The first-order chi connectivity index (χ1) is 24.4. The molecule has 0 bridgehead atoms. The lowest BCUT2D eigenvalue weighted by Crippen LogP contribution is -2.63. The van der Waals surface area contributed by atoms with Crippen LogP contribution in [0, 0.1) is 35.0 Å². The Hall–Kier alpha value is -4.29. The second-order valence-electron chi connectivity index (χ2n) is 15.6. The van der Waals surface area contributed by atoms with E-state index in [0.29, 0.717) is 19.4 Å². The van der Waals surface area contributed by atoms with E-state index >= 15 is 0 Å². The Bertz CT molecular complexity index is 1660. The topological polar surface area (TPSA) is 187 Å². The molecule has 6 atom stereocenters. The number of aromatic nitrogens is 1. The summed E-state index contributed by atoms with van der Waals surface area (Å²) in [5.74, 6) is -0.477. The zero-order valence-corrected chi connectivity index (χ0v) is 31.6. The lowest BCUT2D eigenvalue weighted by atomic mass is 9.70. The van der Waals surface area contributed by atoms with Gasteiger partial charge < -0.3 is 26.2 Å². The largest absolute Gasteiger partial charge is 0.346 e. The number of pyridine rings is 1. The lowest BCUT2D eigenvalue weighted by molar-refractivity contribution is -0.145. The third kappa shape index (κ3) is 9.38. The number of urea groups is 1. The summed E-state index contributed by atoms with van der Waals surface area (Å²) in [6.45, 7) is 11.4. The zero-order chi connectivity index (χ0) is 38.4. The highest BCUT2D eigenvalue weighted by Crippen LogP contribution is 2.50. The van der Waals surface area contributed by atoms with E-state index in [4.69, 9.17) is 6.42 Å². The predicted octanol–water partition coefficient (Wildman–Crippen LogP) is 1.98. The highest BCUT2D eigenvalue weighted by molar-refractivity contribution is 7.89. The minimum atomic E-state index is -3.95. The quantitative estimate of drug-likeness (QED) is 0.119. The molecular weight excluding hydrogens is 687 g/mol. The highest BCUT2D eigenvalue weighted by Gasteiger charge is 2.59. The Kier molecular flexibility index (Phi) is 12.9. The maximum atomic E-state index is 14.6. The first-order valence-electron chi connectivity index (χ1n) is 17.9. The van der Waals surface area contributed by atoms with Gasteiger partial charge >= 0.3 is 6.03 Å². The van der Waals surface area contributed by atoms with Gasteiger partial charge in [-0.25, -0.2) is 18.2 Å². The number of rotatable bonds is 15. The molecule has 0 radical (unpaired) electrons. The van der Waals surface area contributed by atoms with Crippen LogP contribution in [0.3, 0.4) is 0 Å². The Morgan fingerprint density at radius 3 is 2.42 bits per heavy atom. The number of sulfonamides is 1. The molecule has 284 valence electrons. The average molecular weight is 740 g/mol. The van der Waals surface area contributed by atoms with Gasteiger partial charge in [0.25, 0.3) is 15.9 Å². The fourth-order valence-electron chi connectivity index (χ4n) is 7.25. The van der Waals surface area contributed by atoms with Gasteiger partial charge in [-0.3, -0.25) is 19.2 Å². The van der Waals surface area contributed by atoms with Crippen molar-refractivity contribution in [2.75, 3.05) is 26.7 Å². The number of hydrogen-bond acceptors (Lipinski definition) is 8. The fraction of sp³-hybridized carbons (Fsp3) is 0.622. The third-order valence-electron chi connectivity index (χ3n) is 10.6. The number of nitrogens with one attached hydrogen (secondary N) is 4. The van der Waals surface area contributed by atoms with Crippen LogP contribution in [0.4, 0.5) is 4.79 Å². The first-order valence-corrected chi connectivity index (χ1v) is 19.3. The summed E-state index contributed by atoms with van der Waals surface area (Å²) in [5.41, 5.74) is -1.21. The van der Waals surface area contributed by atoms with Gasteiger partial charge in [0, 0.05) is 45.3 Å². The number of carbonyl (C=O) groups excluding carboxylic acids is 5. The van der Waals surface area contributed by atoms with Crippen LogP contribution >= 0.6 is 0 Å². The third-order valence-corrected chi connectivity index (χ3v) is 12.3. The van der Waals surface area contributed by atoms with Crippen LogP contribution in [-0.2, 0) is 29.2 Å². The van der Waals surface area contributed by atoms with Crippen LogP contribution in [0.25, 0.3) is 0 Å². The second-order valence-corrected chi connectivity index (χ2v) is 17.6. The Labute approximate surface area is 307 Å². The summed E-state index contributed by atoms with van der Waals surface area (Å²) in [4.78, 5) is 73.1. The van der Waals surface area contributed by atoms with Gasteiger partial charge in [-0.15, -0.1) is 18.9 Å². The molecule has 5 amide bonds. The molecule has 14 nitrogen and oxygen atoms in total. The van der Waals surface area contributed by atoms with Gasteiger partial charge in [0.15, 0.2) is 5.03 Å². The van der Waals surface area contributed by atoms with Crippen LogP contribution in [0.2, 0.25) is 0 Å². The molecule has 2 saturated carbocycles. The van der Waals surface area contributed by atoms with E-state index in [1.807, 2.05) is 27.7 Å². The molecule has 1 aromatic rings. The van der Waals surface area contributed by atoms with Crippen molar-refractivity contribution < 1.29 is 32.4 Å². The molecule has 2 heterocycles. The normalized spacial score (nSPS) is 22.5. The summed E-state index contributed by atoms with van der Waals surface area (Å²) < 4.78 is 27.7. The van der Waals surface area contributed by atoms with E-state index < -0.39 is 74.6 Å². The van der Waals surface area contributed by atoms with Crippen LogP contribution in [0.15, 0.2) is 42.1 Å². The van der Waals surface area contributed by atoms with E-state index in [1.165, 1.54) is 30.3 Å². The zero-order valence-electron chi connectivity index (χ0n) is 30.8. The van der Waals surface area contributed by atoms with E-state index in [-0.39, 0.29) is 36.4 Å². The minimum Gasteiger partial charge on any atom is -0.346 e. The smallest absolute Gasteiger partial charge is 0.315 e. The molecule has 15 heteroatoms. The molecule has 52 heavy (non-hydrogen) atoms. The molecule has 4 rings (SSSR count). The van der Waals surface area contributed by atoms with Gasteiger partial charge in [0.05, 0.1) is 0 Å². The molecule has 1 unspecified atom stereocenters. The number of Topliss-reactive ketones (excluding diaryl/α,β-unsaturated/α-hetero) is 1. The van der Waals surface area contributed by atoms with Gasteiger partial charge in [-0.1, -0.05) is 59.1 Å². The highest BCUT2D eigenvalue weighted by atomic mass is 32.2. The van der Waals surface area contributed by atoms with E-state index in [1.54, 1.807) is 12.1 Å². The van der Waals surface area contributed by atoms with Gasteiger partial charge in [-0.2, -0.15) is 4.31 Å².